The van der Waals surface area contributed by atoms with Crippen LogP contribution in [0.5, 0.6) is 0 Å². The minimum atomic E-state index is -0.386. The monoisotopic (exact) mass is 249 g/mol. The molecule has 1 atom stereocenters. The SMILES string of the molecule is COC(=O)c1ccccc1N1CCC(O)C1(C)C. The van der Waals surface area contributed by atoms with Gasteiger partial charge in [-0.3, -0.25) is 0 Å². The maximum Gasteiger partial charge on any atom is 0.339 e. The number of hydrogen-bond donors (Lipinski definition) is 1. The molecule has 0 amide bonds. The molecular weight excluding hydrogens is 230 g/mol. The van der Waals surface area contributed by atoms with Crippen molar-refractivity contribution in [2.75, 3.05) is 18.6 Å². The van der Waals surface area contributed by atoms with Crippen LogP contribution in [0.3, 0.4) is 0 Å². The van der Waals surface area contributed by atoms with E-state index in [1.807, 2.05) is 32.0 Å². The number of ether oxygens (including phenoxy) is 1. The van der Waals surface area contributed by atoms with E-state index in [0.717, 1.165) is 12.2 Å². The molecule has 4 heteroatoms. The van der Waals surface area contributed by atoms with E-state index in [0.29, 0.717) is 12.0 Å². The molecule has 1 saturated heterocycles. The highest BCUT2D eigenvalue weighted by Crippen LogP contribution is 2.35. The number of esters is 1. The van der Waals surface area contributed by atoms with E-state index in [1.54, 1.807) is 6.07 Å². The number of aliphatic hydroxyl groups is 1. The first-order chi connectivity index (χ1) is 8.48. The van der Waals surface area contributed by atoms with Crippen LogP contribution >= 0.6 is 0 Å². The molecule has 1 fully saturated rings. The molecule has 0 spiro atoms. The Kier molecular flexibility index (Phi) is 3.30. The first-order valence-corrected chi connectivity index (χ1v) is 6.11. The largest absolute Gasteiger partial charge is 0.465 e. The molecule has 1 aromatic rings. The van der Waals surface area contributed by atoms with Gasteiger partial charge in [0.25, 0.3) is 0 Å². The van der Waals surface area contributed by atoms with E-state index >= 15 is 0 Å². The molecule has 1 heterocycles. The summed E-state index contributed by atoms with van der Waals surface area (Å²) in [7, 11) is 1.38. The van der Waals surface area contributed by atoms with Gasteiger partial charge >= 0.3 is 5.97 Å². The van der Waals surface area contributed by atoms with Crippen LogP contribution < -0.4 is 4.90 Å². The number of benzene rings is 1. The average molecular weight is 249 g/mol. The average Bonchev–Trinajstić information content (AvgIpc) is 2.63. The Morgan fingerprint density at radius 1 is 1.44 bits per heavy atom. The molecule has 98 valence electrons. The lowest BCUT2D eigenvalue weighted by Gasteiger charge is -2.36. The fourth-order valence-corrected chi connectivity index (χ4v) is 2.50. The minimum Gasteiger partial charge on any atom is -0.465 e. The quantitative estimate of drug-likeness (QED) is 0.812. The maximum absolute atomic E-state index is 11.8. The highest BCUT2D eigenvalue weighted by molar-refractivity contribution is 5.96. The molecule has 1 N–H and O–H groups in total. The number of anilines is 1. The van der Waals surface area contributed by atoms with Crippen LogP contribution in [0.2, 0.25) is 0 Å². The van der Waals surface area contributed by atoms with Crippen LogP contribution in [0, 0.1) is 0 Å². The van der Waals surface area contributed by atoms with Crippen molar-refractivity contribution in [3.05, 3.63) is 29.8 Å². The summed E-state index contributed by atoms with van der Waals surface area (Å²) in [4.78, 5) is 13.8. The minimum absolute atomic E-state index is 0.345. The Balaban J connectivity index is 2.43. The second-order valence-electron chi connectivity index (χ2n) is 5.12. The summed E-state index contributed by atoms with van der Waals surface area (Å²) in [6, 6.07) is 7.35. The van der Waals surface area contributed by atoms with Gasteiger partial charge < -0.3 is 14.7 Å². The highest BCUT2D eigenvalue weighted by Gasteiger charge is 2.41. The third kappa shape index (κ3) is 1.97. The van der Waals surface area contributed by atoms with Gasteiger partial charge in [-0.15, -0.1) is 0 Å². The predicted octanol–water partition coefficient (Wildman–Crippen LogP) is 1.82. The topological polar surface area (TPSA) is 49.8 Å². The van der Waals surface area contributed by atoms with Crippen molar-refractivity contribution in [2.24, 2.45) is 0 Å². The number of aliphatic hydroxyl groups excluding tert-OH is 1. The number of carbonyl (C=O) groups excluding carboxylic acids is 1. The Hall–Kier alpha value is -1.55. The van der Waals surface area contributed by atoms with Crippen LogP contribution in [0.25, 0.3) is 0 Å². The van der Waals surface area contributed by atoms with E-state index in [2.05, 4.69) is 4.90 Å². The third-order valence-corrected chi connectivity index (χ3v) is 3.74. The van der Waals surface area contributed by atoms with E-state index in [9.17, 15) is 9.90 Å². The summed E-state index contributed by atoms with van der Waals surface area (Å²) >= 11 is 0. The molecule has 0 bridgehead atoms. The summed E-state index contributed by atoms with van der Waals surface area (Å²) < 4.78 is 4.80. The van der Waals surface area contributed by atoms with E-state index in [-0.39, 0.29) is 17.6 Å². The standard InChI is InChI=1S/C14H19NO3/c1-14(2)12(16)8-9-15(14)11-7-5-4-6-10(11)13(17)18-3/h4-7,12,16H,8-9H2,1-3H3. The van der Waals surface area contributed by atoms with Crippen molar-refractivity contribution in [3.8, 4) is 0 Å². The molecule has 4 nitrogen and oxygen atoms in total. The molecule has 1 unspecified atom stereocenters. The van der Waals surface area contributed by atoms with Gasteiger partial charge in [0.2, 0.25) is 0 Å². The molecular formula is C14H19NO3. The second-order valence-corrected chi connectivity index (χ2v) is 5.12. The van der Waals surface area contributed by atoms with E-state index in [1.165, 1.54) is 7.11 Å². The Morgan fingerprint density at radius 2 is 2.11 bits per heavy atom. The number of rotatable bonds is 2. The predicted molar refractivity (Wildman–Crippen MR) is 69.8 cm³/mol. The lowest BCUT2D eigenvalue weighted by molar-refractivity contribution is 0.0600. The Bertz CT molecular complexity index is 456. The zero-order valence-electron chi connectivity index (χ0n) is 11.0. The van der Waals surface area contributed by atoms with Gasteiger partial charge in [0, 0.05) is 6.54 Å². The number of carbonyl (C=O) groups is 1. The van der Waals surface area contributed by atoms with Crippen molar-refractivity contribution >= 4 is 11.7 Å². The lowest BCUT2D eigenvalue weighted by Crippen LogP contribution is -2.45. The van der Waals surface area contributed by atoms with Gasteiger partial charge in [-0.2, -0.15) is 0 Å². The summed E-state index contributed by atoms with van der Waals surface area (Å²) in [5.74, 6) is -0.345. The number of nitrogens with zero attached hydrogens (tertiary/aromatic N) is 1. The van der Waals surface area contributed by atoms with Crippen molar-refractivity contribution < 1.29 is 14.6 Å². The van der Waals surface area contributed by atoms with E-state index in [4.69, 9.17) is 4.74 Å². The van der Waals surface area contributed by atoms with Crippen LogP contribution in [0.1, 0.15) is 30.6 Å². The molecule has 0 aromatic heterocycles. The van der Waals surface area contributed by atoms with Gasteiger partial charge in [0.05, 0.1) is 30.0 Å². The summed E-state index contributed by atoms with van der Waals surface area (Å²) in [6.07, 6.45) is 0.325. The highest BCUT2D eigenvalue weighted by atomic mass is 16.5. The smallest absolute Gasteiger partial charge is 0.339 e. The van der Waals surface area contributed by atoms with Gasteiger partial charge in [0.1, 0.15) is 0 Å². The van der Waals surface area contributed by atoms with Crippen molar-refractivity contribution in [1.29, 1.82) is 0 Å². The fourth-order valence-electron chi connectivity index (χ4n) is 2.50. The van der Waals surface area contributed by atoms with Crippen molar-refractivity contribution in [3.63, 3.8) is 0 Å². The third-order valence-electron chi connectivity index (χ3n) is 3.74. The maximum atomic E-state index is 11.8. The molecule has 0 saturated carbocycles. The van der Waals surface area contributed by atoms with Crippen molar-refractivity contribution in [2.45, 2.75) is 31.9 Å². The van der Waals surface area contributed by atoms with Gasteiger partial charge in [0.15, 0.2) is 0 Å². The van der Waals surface area contributed by atoms with Gasteiger partial charge in [-0.05, 0) is 32.4 Å². The molecule has 1 aliphatic rings. The first kappa shape index (κ1) is 12.9. The number of methoxy groups -OCH3 is 1. The summed E-state index contributed by atoms with van der Waals surface area (Å²) in [6.45, 7) is 4.71. The second kappa shape index (κ2) is 4.61. The molecule has 18 heavy (non-hydrogen) atoms. The lowest BCUT2D eigenvalue weighted by atomic mass is 9.97. The molecule has 1 aromatic carbocycles. The summed E-state index contributed by atoms with van der Waals surface area (Å²) in [5, 5.41) is 10.0. The van der Waals surface area contributed by atoms with Gasteiger partial charge in [-0.1, -0.05) is 12.1 Å². The number of hydrogen-bond acceptors (Lipinski definition) is 4. The molecule has 2 rings (SSSR count). The first-order valence-electron chi connectivity index (χ1n) is 6.11. The van der Waals surface area contributed by atoms with E-state index < -0.39 is 0 Å². The number of para-hydroxylation sites is 1. The normalized spacial score (nSPS) is 22.0. The summed E-state index contributed by atoms with van der Waals surface area (Å²) in [5.41, 5.74) is 0.998. The fraction of sp³-hybridized carbons (Fsp3) is 0.500. The Labute approximate surface area is 107 Å². The van der Waals surface area contributed by atoms with Crippen LogP contribution in [0.4, 0.5) is 5.69 Å². The van der Waals surface area contributed by atoms with Gasteiger partial charge in [-0.25, -0.2) is 4.79 Å². The molecule has 1 aliphatic heterocycles. The molecule has 0 radical (unpaired) electrons. The van der Waals surface area contributed by atoms with Crippen molar-refractivity contribution in [1.82, 2.24) is 0 Å². The van der Waals surface area contributed by atoms with Crippen LogP contribution in [-0.4, -0.2) is 36.4 Å². The van der Waals surface area contributed by atoms with Crippen LogP contribution in [0.15, 0.2) is 24.3 Å². The Morgan fingerprint density at radius 3 is 2.67 bits per heavy atom. The zero-order chi connectivity index (χ0) is 13.3. The van der Waals surface area contributed by atoms with Crippen LogP contribution in [-0.2, 0) is 4.74 Å². The zero-order valence-corrected chi connectivity index (χ0v) is 11.0. The molecule has 0 aliphatic carbocycles.